The Morgan fingerprint density at radius 2 is 2.14 bits per heavy atom. The molecule has 1 fully saturated rings. The van der Waals surface area contributed by atoms with Crippen LogP contribution in [-0.4, -0.2) is 38.7 Å². The van der Waals surface area contributed by atoms with Gasteiger partial charge in [-0.25, -0.2) is 4.98 Å². The highest BCUT2D eigenvalue weighted by atomic mass is 16.3. The molecule has 6 nitrogen and oxygen atoms in total. The summed E-state index contributed by atoms with van der Waals surface area (Å²) in [5.74, 6) is 1.96. The Labute approximate surface area is 130 Å². The topological polar surface area (TPSA) is 88.4 Å². The molecule has 22 heavy (non-hydrogen) atoms. The van der Waals surface area contributed by atoms with Crippen LogP contribution in [0.3, 0.4) is 0 Å². The van der Waals surface area contributed by atoms with Gasteiger partial charge in [0.25, 0.3) is 0 Å². The summed E-state index contributed by atoms with van der Waals surface area (Å²) < 4.78 is 5.69. The predicted molar refractivity (Wildman–Crippen MR) is 85.4 cm³/mol. The van der Waals surface area contributed by atoms with E-state index in [0.717, 1.165) is 42.5 Å². The molecule has 120 valence electrons. The molecule has 1 atom stereocenters. The summed E-state index contributed by atoms with van der Waals surface area (Å²) in [5, 5.41) is 10.6. The third kappa shape index (κ3) is 2.27. The molecule has 3 N–H and O–H groups in total. The van der Waals surface area contributed by atoms with Crippen LogP contribution in [-0.2, 0) is 6.54 Å². The first-order chi connectivity index (χ1) is 10.5. The Morgan fingerprint density at radius 3 is 2.82 bits per heavy atom. The summed E-state index contributed by atoms with van der Waals surface area (Å²) in [7, 11) is 0. The van der Waals surface area contributed by atoms with Gasteiger partial charge in [0, 0.05) is 11.1 Å². The lowest BCUT2D eigenvalue weighted by Crippen LogP contribution is -2.46. The minimum Gasteiger partial charge on any atom is -0.443 e. The van der Waals surface area contributed by atoms with Crippen molar-refractivity contribution in [1.82, 2.24) is 14.9 Å². The van der Waals surface area contributed by atoms with Gasteiger partial charge in [-0.2, -0.15) is 4.98 Å². The lowest BCUT2D eigenvalue weighted by molar-refractivity contribution is 0.0531. The molecule has 3 rings (SSSR count). The molecule has 6 heteroatoms. The largest absolute Gasteiger partial charge is 0.443 e. The van der Waals surface area contributed by atoms with E-state index in [2.05, 4.69) is 21.8 Å². The number of likely N-dealkylation sites (tertiary alicyclic amines) is 1. The van der Waals surface area contributed by atoms with E-state index in [1.54, 1.807) is 0 Å². The number of nitrogens with two attached hydrogens (primary N) is 1. The van der Waals surface area contributed by atoms with Crippen molar-refractivity contribution in [3.63, 3.8) is 0 Å². The lowest BCUT2D eigenvalue weighted by atomic mass is 9.94. The van der Waals surface area contributed by atoms with Gasteiger partial charge < -0.3 is 15.3 Å². The molecule has 0 aromatic carbocycles. The zero-order valence-electron chi connectivity index (χ0n) is 13.5. The van der Waals surface area contributed by atoms with E-state index in [1.807, 2.05) is 13.8 Å². The predicted octanol–water partition coefficient (Wildman–Crippen LogP) is 2.16. The number of aryl methyl sites for hydroxylation is 2. The van der Waals surface area contributed by atoms with E-state index in [9.17, 15) is 5.11 Å². The van der Waals surface area contributed by atoms with Crippen LogP contribution in [0.1, 0.15) is 43.3 Å². The maximum absolute atomic E-state index is 9.81. The maximum atomic E-state index is 9.81. The summed E-state index contributed by atoms with van der Waals surface area (Å²) in [6.45, 7) is 7.70. The van der Waals surface area contributed by atoms with Crippen LogP contribution in [0.5, 0.6) is 0 Å². The molecular formula is C16H24N4O2. The van der Waals surface area contributed by atoms with E-state index in [1.165, 1.54) is 0 Å². The van der Waals surface area contributed by atoms with Gasteiger partial charge in [0.1, 0.15) is 17.4 Å². The van der Waals surface area contributed by atoms with Crippen molar-refractivity contribution >= 4 is 16.9 Å². The number of aliphatic hydroxyl groups is 1. The summed E-state index contributed by atoms with van der Waals surface area (Å²) >= 11 is 0. The van der Waals surface area contributed by atoms with Crippen LogP contribution in [0.2, 0.25) is 0 Å². The highest BCUT2D eigenvalue weighted by Crippen LogP contribution is 2.34. The van der Waals surface area contributed by atoms with Crippen LogP contribution >= 0.6 is 0 Å². The van der Waals surface area contributed by atoms with E-state index in [-0.39, 0.29) is 12.1 Å². The molecule has 2 aromatic rings. The van der Waals surface area contributed by atoms with Crippen molar-refractivity contribution in [2.24, 2.45) is 0 Å². The highest BCUT2D eigenvalue weighted by molar-refractivity contribution is 5.88. The average Bonchev–Trinajstić information content (AvgIpc) is 3.01. The van der Waals surface area contributed by atoms with Crippen LogP contribution < -0.4 is 5.73 Å². The smallest absolute Gasteiger partial charge is 0.231 e. The van der Waals surface area contributed by atoms with Crippen LogP contribution in [0, 0.1) is 13.8 Å². The monoisotopic (exact) mass is 304 g/mol. The van der Waals surface area contributed by atoms with Gasteiger partial charge >= 0.3 is 0 Å². The van der Waals surface area contributed by atoms with Gasteiger partial charge in [0.2, 0.25) is 5.71 Å². The zero-order valence-corrected chi connectivity index (χ0v) is 13.5. The fourth-order valence-corrected chi connectivity index (χ4v) is 3.50. The summed E-state index contributed by atoms with van der Waals surface area (Å²) in [5.41, 5.74) is 7.51. The average molecular weight is 304 g/mol. The second-order valence-corrected chi connectivity index (χ2v) is 6.25. The lowest BCUT2D eigenvalue weighted by Gasteiger charge is -2.35. The molecule has 1 aliphatic rings. The molecule has 0 spiro atoms. The number of nitrogens with zero attached hydrogens (tertiary/aromatic N) is 3. The van der Waals surface area contributed by atoms with Gasteiger partial charge in [-0.05, 0) is 39.7 Å². The van der Waals surface area contributed by atoms with Gasteiger partial charge in [-0.3, -0.25) is 4.90 Å². The minimum atomic E-state index is -0.151. The van der Waals surface area contributed by atoms with Crippen molar-refractivity contribution in [1.29, 1.82) is 0 Å². The minimum absolute atomic E-state index is 0.151. The fourth-order valence-electron chi connectivity index (χ4n) is 3.50. The molecular weight excluding hydrogens is 280 g/mol. The number of aliphatic hydroxyl groups excluding tert-OH is 1. The Balaban J connectivity index is 1.94. The molecule has 0 bridgehead atoms. The number of furan rings is 1. The van der Waals surface area contributed by atoms with Crippen molar-refractivity contribution in [3.05, 3.63) is 17.1 Å². The van der Waals surface area contributed by atoms with Crippen LogP contribution in [0.25, 0.3) is 11.1 Å². The van der Waals surface area contributed by atoms with E-state index in [4.69, 9.17) is 10.2 Å². The second-order valence-electron chi connectivity index (χ2n) is 6.25. The summed E-state index contributed by atoms with van der Waals surface area (Å²) in [6.07, 6.45) is 3.02. The van der Waals surface area contributed by atoms with Crippen molar-refractivity contribution in [3.8, 4) is 0 Å². The quantitative estimate of drug-likeness (QED) is 0.900. The second kappa shape index (κ2) is 5.52. The fraction of sp³-hybridized carbons (Fsp3) is 0.625. The number of hydrogen-bond acceptors (Lipinski definition) is 6. The molecule has 1 aliphatic heterocycles. The van der Waals surface area contributed by atoms with Crippen molar-refractivity contribution in [2.45, 2.75) is 52.1 Å². The Bertz CT molecular complexity index is 691. The summed E-state index contributed by atoms with van der Waals surface area (Å²) in [6, 6.07) is 0. The van der Waals surface area contributed by atoms with Crippen molar-refractivity contribution < 1.29 is 9.52 Å². The number of rotatable bonds is 4. The van der Waals surface area contributed by atoms with Crippen LogP contribution in [0.4, 0.5) is 5.82 Å². The number of nitrogen functional groups attached to an aromatic ring is 1. The third-order valence-electron chi connectivity index (χ3n) is 5.13. The molecule has 0 saturated carbocycles. The Hall–Kier alpha value is -1.66. The SMILES string of the molecule is CCC1(CO)CCCN1Cc1nc(N)c2c(C)c(C)oc2n1. The van der Waals surface area contributed by atoms with Gasteiger partial charge in [0.15, 0.2) is 0 Å². The maximum Gasteiger partial charge on any atom is 0.231 e. The third-order valence-corrected chi connectivity index (χ3v) is 5.13. The standard InChI is InChI=1S/C16H24N4O2/c1-4-16(9-21)6-5-7-20(16)8-12-18-14(17)13-10(2)11(3)22-15(13)19-12/h21H,4-9H2,1-3H3,(H2,17,18,19). The first kappa shape index (κ1) is 15.2. The van der Waals surface area contributed by atoms with E-state index < -0.39 is 0 Å². The van der Waals surface area contributed by atoms with Gasteiger partial charge in [-0.1, -0.05) is 6.92 Å². The van der Waals surface area contributed by atoms with Gasteiger partial charge in [-0.15, -0.1) is 0 Å². The van der Waals surface area contributed by atoms with Crippen molar-refractivity contribution in [2.75, 3.05) is 18.9 Å². The first-order valence-corrected chi connectivity index (χ1v) is 7.88. The Kier molecular flexibility index (Phi) is 3.82. The number of aromatic nitrogens is 2. The Morgan fingerprint density at radius 1 is 1.36 bits per heavy atom. The molecule has 2 aromatic heterocycles. The molecule has 1 saturated heterocycles. The number of hydrogen-bond donors (Lipinski definition) is 2. The first-order valence-electron chi connectivity index (χ1n) is 7.88. The normalized spacial score (nSPS) is 22.7. The summed E-state index contributed by atoms with van der Waals surface area (Å²) in [4.78, 5) is 11.3. The molecule has 0 amide bonds. The van der Waals surface area contributed by atoms with Gasteiger partial charge in [0.05, 0.1) is 18.5 Å². The molecule has 1 unspecified atom stereocenters. The molecule has 0 radical (unpaired) electrons. The van der Waals surface area contributed by atoms with E-state index in [0.29, 0.717) is 23.9 Å². The van der Waals surface area contributed by atoms with E-state index >= 15 is 0 Å². The molecule has 3 heterocycles. The zero-order chi connectivity index (χ0) is 15.9. The van der Waals surface area contributed by atoms with Crippen LogP contribution in [0.15, 0.2) is 4.42 Å². The number of fused-ring (bicyclic) bond motifs is 1. The molecule has 0 aliphatic carbocycles. The number of anilines is 1. The highest BCUT2D eigenvalue weighted by Gasteiger charge is 2.39.